The zero-order valence-corrected chi connectivity index (χ0v) is 13.7. The van der Waals surface area contributed by atoms with E-state index in [0.29, 0.717) is 5.89 Å². The van der Waals surface area contributed by atoms with Crippen LogP contribution in [-0.2, 0) is 23.0 Å². The molecule has 0 aliphatic carbocycles. The highest BCUT2D eigenvalue weighted by Crippen LogP contribution is 2.29. The maximum atomic E-state index is 12.1. The van der Waals surface area contributed by atoms with Crippen molar-refractivity contribution in [3.8, 4) is 0 Å². The van der Waals surface area contributed by atoms with Crippen molar-refractivity contribution in [2.75, 3.05) is 0 Å². The van der Waals surface area contributed by atoms with Crippen molar-refractivity contribution < 1.29 is 12.8 Å². The van der Waals surface area contributed by atoms with Gasteiger partial charge in [0.1, 0.15) is 5.76 Å². The van der Waals surface area contributed by atoms with Gasteiger partial charge in [-0.25, -0.2) is 18.1 Å². The Labute approximate surface area is 124 Å². The predicted molar refractivity (Wildman–Crippen MR) is 76.7 cm³/mol. The van der Waals surface area contributed by atoms with Gasteiger partial charge in [-0.2, -0.15) is 0 Å². The summed E-state index contributed by atoms with van der Waals surface area (Å²) in [4.78, 5) is 5.03. The number of sulfonamides is 1. The van der Waals surface area contributed by atoms with Crippen LogP contribution in [0.3, 0.4) is 0 Å². The Morgan fingerprint density at radius 2 is 2.26 bits per heavy atom. The molecule has 0 saturated carbocycles. The number of nitrogens with zero attached hydrogens (tertiary/aromatic N) is 1. The van der Waals surface area contributed by atoms with Crippen molar-refractivity contribution >= 4 is 37.3 Å². The molecule has 1 N–H and O–H groups in total. The molecule has 0 aliphatic heterocycles. The average molecular weight is 365 g/mol. The van der Waals surface area contributed by atoms with Crippen LogP contribution < -0.4 is 4.72 Å². The van der Waals surface area contributed by atoms with Gasteiger partial charge >= 0.3 is 0 Å². The molecular formula is C11H13BrN2O3S2. The molecule has 0 unspecified atom stereocenters. The molecule has 0 spiro atoms. The van der Waals surface area contributed by atoms with Gasteiger partial charge in [0.2, 0.25) is 15.9 Å². The molecule has 0 bridgehead atoms. The molecule has 0 radical (unpaired) electrons. The Morgan fingerprint density at radius 3 is 2.79 bits per heavy atom. The van der Waals surface area contributed by atoms with Gasteiger partial charge in [0, 0.05) is 11.3 Å². The zero-order valence-electron chi connectivity index (χ0n) is 10.4. The van der Waals surface area contributed by atoms with Crippen LogP contribution in [0.25, 0.3) is 0 Å². The Balaban J connectivity index is 2.11. The number of rotatable bonds is 5. The second kappa shape index (κ2) is 5.74. The van der Waals surface area contributed by atoms with Crippen LogP contribution in [-0.4, -0.2) is 13.4 Å². The van der Waals surface area contributed by atoms with Crippen molar-refractivity contribution in [2.24, 2.45) is 0 Å². The lowest BCUT2D eigenvalue weighted by atomic mass is 10.4. The van der Waals surface area contributed by atoms with Crippen LogP contribution in [0, 0.1) is 6.92 Å². The van der Waals surface area contributed by atoms with E-state index in [-0.39, 0.29) is 11.4 Å². The summed E-state index contributed by atoms with van der Waals surface area (Å²) in [5.41, 5.74) is 0. The summed E-state index contributed by atoms with van der Waals surface area (Å²) in [6.45, 7) is 3.76. The van der Waals surface area contributed by atoms with Crippen LogP contribution in [0.1, 0.15) is 23.5 Å². The molecule has 19 heavy (non-hydrogen) atoms. The molecule has 5 nitrogen and oxygen atoms in total. The summed E-state index contributed by atoms with van der Waals surface area (Å²) in [5.74, 6) is 1.11. The number of hydrogen-bond donors (Lipinski definition) is 1. The van der Waals surface area contributed by atoms with Crippen molar-refractivity contribution in [3.05, 3.63) is 32.6 Å². The van der Waals surface area contributed by atoms with E-state index in [0.717, 1.165) is 20.8 Å². The SMILES string of the molecule is CCc1cnc(CNS(=O)(=O)c2cc(Br)sc2C)o1. The highest BCUT2D eigenvalue weighted by molar-refractivity contribution is 9.11. The van der Waals surface area contributed by atoms with Gasteiger partial charge < -0.3 is 4.42 Å². The minimum atomic E-state index is -3.54. The largest absolute Gasteiger partial charge is 0.444 e. The predicted octanol–water partition coefficient (Wildman–Crippen LogP) is 2.85. The Kier molecular flexibility index (Phi) is 4.44. The molecule has 104 valence electrons. The monoisotopic (exact) mass is 364 g/mol. The summed E-state index contributed by atoms with van der Waals surface area (Å²) in [7, 11) is -3.54. The van der Waals surface area contributed by atoms with E-state index in [1.165, 1.54) is 11.3 Å². The molecule has 8 heteroatoms. The first kappa shape index (κ1) is 14.7. The van der Waals surface area contributed by atoms with Crippen molar-refractivity contribution in [2.45, 2.75) is 31.7 Å². The maximum absolute atomic E-state index is 12.1. The number of thiophene rings is 1. The summed E-state index contributed by atoms with van der Waals surface area (Å²) < 4.78 is 32.9. The maximum Gasteiger partial charge on any atom is 0.242 e. The molecule has 0 saturated heterocycles. The molecule has 0 atom stereocenters. The highest BCUT2D eigenvalue weighted by Gasteiger charge is 2.20. The second-order valence-electron chi connectivity index (χ2n) is 3.87. The van der Waals surface area contributed by atoms with E-state index in [1.807, 2.05) is 6.92 Å². The fourth-order valence-corrected chi connectivity index (χ4v) is 4.91. The van der Waals surface area contributed by atoms with E-state index < -0.39 is 10.0 Å². The Hall–Kier alpha value is -0.700. The van der Waals surface area contributed by atoms with Crippen LogP contribution >= 0.6 is 27.3 Å². The van der Waals surface area contributed by atoms with Gasteiger partial charge in [0.25, 0.3) is 0 Å². The number of oxazole rings is 1. The molecule has 0 fully saturated rings. The van der Waals surface area contributed by atoms with Crippen molar-refractivity contribution in [1.29, 1.82) is 0 Å². The van der Waals surface area contributed by atoms with E-state index in [2.05, 4.69) is 25.6 Å². The van der Waals surface area contributed by atoms with Gasteiger partial charge in [-0.1, -0.05) is 6.92 Å². The van der Waals surface area contributed by atoms with Gasteiger partial charge in [-0.3, -0.25) is 0 Å². The molecule has 2 aromatic heterocycles. The van der Waals surface area contributed by atoms with Gasteiger partial charge in [-0.15, -0.1) is 11.3 Å². The van der Waals surface area contributed by atoms with Gasteiger partial charge in [0.15, 0.2) is 0 Å². The first-order valence-corrected chi connectivity index (χ1v) is 8.71. The molecule has 2 rings (SSSR count). The third kappa shape index (κ3) is 3.44. The highest BCUT2D eigenvalue weighted by atomic mass is 79.9. The van der Waals surface area contributed by atoms with Crippen molar-refractivity contribution in [1.82, 2.24) is 9.71 Å². The van der Waals surface area contributed by atoms with Crippen molar-refractivity contribution in [3.63, 3.8) is 0 Å². The molecule has 0 aromatic carbocycles. The first-order valence-electron chi connectivity index (χ1n) is 5.61. The number of hydrogen-bond acceptors (Lipinski definition) is 5. The minimum absolute atomic E-state index is 0.0508. The summed E-state index contributed by atoms with van der Waals surface area (Å²) in [6, 6.07) is 1.59. The lowest BCUT2D eigenvalue weighted by Gasteiger charge is -2.03. The fourth-order valence-electron chi connectivity index (χ4n) is 1.53. The topological polar surface area (TPSA) is 72.2 Å². The minimum Gasteiger partial charge on any atom is -0.444 e. The molecule has 0 aliphatic rings. The van der Waals surface area contributed by atoms with E-state index in [4.69, 9.17) is 4.42 Å². The van der Waals surface area contributed by atoms with Crippen LogP contribution in [0.15, 0.2) is 25.4 Å². The number of halogens is 1. The van der Waals surface area contributed by atoms with Crippen LogP contribution in [0.4, 0.5) is 0 Å². The Bertz CT molecular complexity index is 676. The normalized spacial score (nSPS) is 11.9. The quantitative estimate of drug-likeness (QED) is 0.885. The number of aromatic nitrogens is 1. The molecular weight excluding hydrogens is 352 g/mol. The average Bonchev–Trinajstić information content (AvgIpc) is 2.93. The third-order valence-electron chi connectivity index (χ3n) is 2.49. The summed E-state index contributed by atoms with van der Waals surface area (Å²) in [5, 5.41) is 0. The van der Waals surface area contributed by atoms with Gasteiger partial charge in [-0.05, 0) is 28.9 Å². The first-order chi connectivity index (χ1) is 8.92. The smallest absolute Gasteiger partial charge is 0.242 e. The Morgan fingerprint density at radius 1 is 1.53 bits per heavy atom. The molecule has 2 heterocycles. The van der Waals surface area contributed by atoms with Gasteiger partial charge in [0.05, 0.1) is 21.4 Å². The van der Waals surface area contributed by atoms with Crippen LogP contribution in [0.5, 0.6) is 0 Å². The van der Waals surface area contributed by atoms with E-state index in [9.17, 15) is 8.42 Å². The fraction of sp³-hybridized carbons (Fsp3) is 0.364. The lowest BCUT2D eigenvalue weighted by molar-refractivity contribution is 0.452. The van der Waals surface area contributed by atoms with E-state index >= 15 is 0 Å². The zero-order chi connectivity index (χ0) is 14.0. The van der Waals surface area contributed by atoms with E-state index in [1.54, 1.807) is 19.2 Å². The number of nitrogens with one attached hydrogen (secondary N) is 1. The standard InChI is InChI=1S/C11H13BrN2O3S2/c1-3-8-5-13-11(17-8)6-14-19(15,16)9-4-10(12)18-7(9)2/h4-5,14H,3,6H2,1-2H3. The molecule has 0 amide bonds. The number of aryl methyl sites for hydroxylation is 2. The van der Waals surface area contributed by atoms with Crippen LogP contribution in [0.2, 0.25) is 0 Å². The second-order valence-corrected chi connectivity index (χ2v) is 8.24. The lowest BCUT2D eigenvalue weighted by Crippen LogP contribution is -2.23. The third-order valence-corrected chi connectivity index (χ3v) is 5.71. The molecule has 2 aromatic rings. The summed E-state index contributed by atoms with van der Waals surface area (Å²) >= 11 is 4.66. The summed E-state index contributed by atoms with van der Waals surface area (Å²) in [6.07, 6.45) is 2.34.